The summed E-state index contributed by atoms with van der Waals surface area (Å²) in [6.07, 6.45) is 3.98. The molecule has 0 atom stereocenters. The minimum Gasteiger partial charge on any atom is -0.371 e. The van der Waals surface area contributed by atoms with Gasteiger partial charge in [-0.1, -0.05) is 25.1 Å². The molecule has 0 spiro atoms. The topological polar surface area (TPSA) is 28.2 Å². The zero-order valence-corrected chi connectivity index (χ0v) is 13.1. The molecule has 1 aromatic carbocycles. The van der Waals surface area contributed by atoms with Crippen LogP contribution in [-0.4, -0.2) is 25.1 Å². The highest BCUT2D eigenvalue weighted by Gasteiger charge is 2.25. The van der Waals surface area contributed by atoms with E-state index in [1.807, 2.05) is 7.05 Å². The van der Waals surface area contributed by atoms with Crippen molar-refractivity contribution < 1.29 is 0 Å². The van der Waals surface area contributed by atoms with E-state index in [1.54, 1.807) is 0 Å². The highest BCUT2D eigenvalue weighted by atomic mass is 15.1. The zero-order chi connectivity index (χ0) is 14.7. The fourth-order valence-corrected chi connectivity index (χ4v) is 2.94. The lowest BCUT2D eigenvalue weighted by Crippen LogP contribution is -2.27. The molecule has 0 saturated heterocycles. The van der Waals surface area contributed by atoms with Gasteiger partial charge in [-0.05, 0) is 44.4 Å². The number of hydrogen-bond acceptors (Lipinski definition) is 3. The third-order valence-corrected chi connectivity index (χ3v) is 4.12. The Bertz CT molecular complexity index is 604. The van der Waals surface area contributed by atoms with Crippen LogP contribution >= 0.6 is 0 Å². The van der Waals surface area contributed by atoms with Crippen molar-refractivity contribution in [1.82, 2.24) is 10.3 Å². The van der Waals surface area contributed by atoms with Crippen molar-refractivity contribution in [1.29, 1.82) is 0 Å². The number of hydrogen-bond donors (Lipinski definition) is 1. The highest BCUT2D eigenvalue weighted by molar-refractivity contribution is 5.92. The second-order valence-corrected chi connectivity index (χ2v) is 6.07. The summed E-state index contributed by atoms with van der Waals surface area (Å²) in [5, 5.41) is 4.50. The third-order valence-electron chi connectivity index (χ3n) is 4.12. The molecule has 21 heavy (non-hydrogen) atoms. The SMILES string of the molecule is CCCN(CC1CC1)c1cc(CNC)nc2ccccc12. The molecule has 1 aromatic heterocycles. The van der Waals surface area contributed by atoms with Gasteiger partial charge in [0, 0.05) is 30.7 Å². The molecule has 1 aliphatic carbocycles. The molecule has 0 bridgehead atoms. The number of rotatable bonds is 7. The molecule has 2 aromatic rings. The number of aromatic nitrogens is 1. The summed E-state index contributed by atoms with van der Waals surface area (Å²) >= 11 is 0. The lowest BCUT2D eigenvalue weighted by atomic mass is 10.1. The van der Waals surface area contributed by atoms with Gasteiger partial charge >= 0.3 is 0 Å². The standard InChI is InChI=1S/C18H25N3/c1-3-10-21(13-14-8-9-14)18-11-15(12-19-2)20-17-7-5-4-6-16(17)18/h4-7,11,14,19H,3,8-10,12-13H2,1-2H3. The van der Waals surface area contributed by atoms with Crippen LogP contribution in [0.1, 0.15) is 31.9 Å². The molecule has 1 heterocycles. The van der Waals surface area contributed by atoms with Gasteiger partial charge in [0.05, 0.1) is 11.2 Å². The molecule has 0 aliphatic heterocycles. The largest absolute Gasteiger partial charge is 0.371 e. The average Bonchev–Trinajstić information content (AvgIpc) is 3.30. The molecule has 1 aliphatic rings. The molecular weight excluding hydrogens is 258 g/mol. The number of para-hydroxylation sites is 1. The molecule has 0 unspecified atom stereocenters. The lowest BCUT2D eigenvalue weighted by molar-refractivity contribution is 0.708. The first-order valence-electron chi connectivity index (χ1n) is 8.10. The summed E-state index contributed by atoms with van der Waals surface area (Å²) in [5.41, 5.74) is 3.60. The fourth-order valence-electron chi connectivity index (χ4n) is 2.94. The molecular formula is C18H25N3. The number of anilines is 1. The van der Waals surface area contributed by atoms with Crippen LogP contribution in [-0.2, 0) is 6.54 Å². The Morgan fingerprint density at radius 1 is 1.29 bits per heavy atom. The van der Waals surface area contributed by atoms with Crippen LogP contribution in [0.25, 0.3) is 10.9 Å². The summed E-state index contributed by atoms with van der Waals surface area (Å²) < 4.78 is 0. The summed E-state index contributed by atoms with van der Waals surface area (Å²) in [7, 11) is 1.98. The van der Waals surface area contributed by atoms with Crippen molar-refractivity contribution in [2.45, 2.75) is 32.7 Å². The van der Waals surface area contributed by atoms with Crippen LogP contribution in [0.15, 0.2) is 30.3 Å². The van der Waals surface area contributed by atoms with Gasteiger partial charge < -0.3 is 10.2 Å². The van der Waals surface area contributed by atoms with E-state index in [9.17, 15) is 0 Å². The Morgan fingerprint density at radius 3 is 2.81 bits per heavy atom. The van der Waals surface area contributed by atoms with E-state index < -0.39 is 0 Å². The molecule has 0 radical (unpaired) electrons. The molecule has 112 valence electrons. The van der Waals surface area contributed by atoms with Gasteiger partial charge in [0.15, 0.2) is 0 Å². The van der Waals surface area contributed by atoms with Crippen LogP contribution in [0.3, 0.4) is 0 Å². The normalized spacial score (nSPS) is 14.6. The van der Waals surface area contributed by atoms with Crippen molar-refractivity contribution in [2.75, 3.05) is 25.0 Å². The maximum atomic E-state index is 4.77. The van der Waals surface area contributed by atoms with Gasteiger partial charge in [-0.25, -0.2) is 0 Å². The Kier molecular flexibility index (Phi) is 4.39. The van der Waals surface area contributed by atoms with Crippen molar-refractivity contribution in [3.63, 3.8) is 0 Å². The number of nitrogens with one attached hydrogen (secondary N) is 1. The van der Waals surface area contributed by atoms with E-state index in [1.165, 1.54) is 36.9 Å². The van der Waals surface area contributed by atoms with Gasteiger partial charge in [-0.2, -0.15) is 0 Å². The molecule has 0 amide bonds. The summed E-state index contributed by atoms with van der Waals surface area (Å²) in [6, 6.07) is 10.8. The van der Waals surface area contributed by atoms with E-state index in [2.05, 4.69) is 47.5 Å². The second kappa shape index (κ2) is 6.44. The minimum atomic E-state index is 0.821. The number of pyridine rings is 1. The summed E-state index contributed by atoms with van der Waals surface area (Å²) in [5.74, 6) is 0.899. The lowest BCUT2D eigenvalue weighted by Gasteiger charge is -2.26. The van der Waals surface area contributed by atoms with Crippen LogP contribution < -0.4 is 10.2 Å². The van der Waals surface area contributed by atoms with Crippen molar-refractivity contribution in [3.8, 4) is 0 Å². The number of benzene rings is 1. The summed E-state index contributed by atoms with van der Waals surface area (Å²) in [6.45, 7) is 5.41. The van der Waals surface area contributed by atoms with Crippen LogP contribution in [0.5, 0.6) is 0 Å². The quantitative estimate of drug-likeness (QED) is 0.842. The van der Waals surface area contributed by atoms with E-state index in [0.29, 0.717) is 0 Å². The second-order valence-electron chi connectivity index (χ2n) is 6.07. The number of fused-ring (bicyclic) bond motifs is 1. The molecule has 3 heteroatoms. The van der Waals surface area contributed by atoms with Crippen molar-refractivity contribution >= 4 is 16.6 Å². The Balaban J connectivity index is 2.03. The van der Waals surface area contributed by atoms with E-state index in [0.717, 1.165) is 30.2 Å². The Labute approximate surface area is 127 Å². The first kappa shape index (κ1) is 14.3. The monoisotopic (exact) mass is 283 g/mol. The van der Waals surface area contributed by atoms with Crippen molar-refractivity contribution in [2.24, 2.45) is 5.92 Å². The Morgan fingerprint density at radius 2 is 2.10 bits per heavy atom. The average molecular weight is 283 g/mol. The van der Waals surface area contributed by atoms with E-state index in [-0.39, 0.29) is 0 Å². The van der Waals surface area contributed by atoms with Gasteiger partial charge in [0.1, 0.15) is 0 Å². The smallest absolute Gasteiger partial charge is 0.0726 e. The highest BCUT2D eigenvalue weighted by Crippen LogP contribution is 2.34. The van der Waals surface area contributed by atoms with Crippen molar-refractivity contribution in [3.05, 3.63) is 36.0 Å². The predicted octanol–water partition coefficient (Wildman–Crippen LogP) is 3.58. The van der Waals surface area contributed by atoms with Gasteiger partial charge in [0.2, 0.25) is 0 Å². The minimum absolute atomic E-state index is 0.821. The first-order chi connectivity index (χ1) is 10.3. The molecule has 3 nitrogen and oxygen atoms in total. The third kappa shape index (κ3) is 3.35. The van der Waals surface area contributed by atoms with Gasteiger partial charge in [-0.15, -0.1) is 0 Å². The predicted molar refractivity (Wildman–Crippen MR) is 89.7 cm³/mol. The maximum absolute atomic E-state index is 4.77. The van der Waals surface area contributed by atoms with Gasteiger partial charge in [0.25, 0.3) is 0 Å². The molecule has 3 rings (SSSR count). The fraction of sp³-hybridized carbons (Fsp3) is 0.500. The first-order valence-corrected chi connectivity index (χ1v) is 8.10. The van der Waals surface area contributed by atoms with Gasteiger partial charge in [-0.3, -0.25) is 4.98 Å². The van der Waals surface area contributed by atoms with E-state index in [4.69, 9.17) is 4.98 Å². The van der Waals surface area contributed by atoms with E-state index >= 15 is 0 Å². The molecule has 1 N–H and O–H groups in total. The molecule has 1 saturated carbocycles. The van der Waals surface area contributed by atoms with Crippen LogP contribution in [0.4, 0.5) is 5.69 Å². The number of nitrogens with zero attached hydrogens (tertiary/aromatic N) is 2. The van der Waals surface area contributed by atoms with Crippen LogP contribution in [0.2, 0.25) is 0 Å². The van der Waals surface area contributed by atoms with Crippen LogP contribution in [0, 0.1) is 5.92 Å². The zero-order valence-electron chi connectivity index (χ0n) is 13.1. The Hall–Kier alpha value is -1.61. The summed E-state index contributed by atoms with van der Waals surface area (Å²) in [4.78, 5) is 7.34. The maximum Gasteiger partial charge on any atom is 0.0726 e. The molecule has 1 fully saturated rings.